The van der Waals surface area contributed by atoms with Crippen LogP contribution in [0.1, 0.15) is 24.0 Å². The number of aryl methyl sites for hydroxylation is 2. The smallest absolute Gasteiger partial charge is 0.240 e. The Morgan fingerprint density at radius 1 is 0.889 bits per heavy atom. The third kappa shape index (κ3) is 3.35. The van der Waals surface area contributed by atoms with Crippen molar-refractivity contribution in [1.29, 1.82) is 0 Å². The number of hydrogen-bond acceptors (Lipinski definition) is 4. The third-order valence-corrected chi connectivity index (χ3v) is 5.06. The van der Waals surface area contributed by atoms with Crippen LogP contribution in [0, 0.1) is 19.3 Å². The second kappa shape index (κ2) is 6.61. The van der Waals surface area contributed by atoms with Gasteiger partial charge in [-0.1, -0.05) is 12.1 Å². The number of nitrogens with one attached hydrogen (secondary N) is 2. The molecule has 0 bridgehead atoms. The second-order valence-corrected chi connectivity index (χ2v) is 7.17. The van der Waals surface area contributed by atoms with Gasteiger partial charge in [0.1, 0.15) is 18.6 Å². The van der Waals surface area contributed by atoms with Gasteiger partial charge in [-0.25, -0.2) is 0 Å². The van der Waals surface area contributed by atoms with Gasteiger partial charge in [0, 0.05) is 17.4 Å². The molecule has 0 radical (unpaired) electrons. The highest BCUT2D eigenvalue weighted by atomic mass is 16.6. The van der Waals surface area contributed by atoms with E-state index in [1.807, 2.05) is 32.0 Å². The van der Waals surface area contributed by atoms with Crippen molar-refractivity contribution >= 4 is 23.2 Å². The SMILES string of the molecule is Cc1ccc(C)c(NC(=O)C2(C(=O)Nc3ccc4c(c3)OCCO4)CC2)c1. The van der Waals surface area contributed by atoms with E-state index >= 15 is 0 Å². The molecule has 2 aromatic rings. The van der Waals surface area contributed by atoms with E-state index in [9.17, 15) is 9.59 Å². The van der Waals surface area contributed by atoms with Crippen LogP contribution < -0.4 is 20.1 Å². The minimum Gasteiger partial charge on any atom is -0.486 e. The summed E-state index contributed by atoms with van der Waals surface area (Å²) >= 11 is 0. The summed E-state index contributed by atoms with van der Waals surface area (Å²) in [4.78, 5) is 25.6. The normalized spacial score (nSPS) is 16.4. The van der Waals surface area contributed by atoms with Crippen LogP contribution in [0.5, 0.6) is 11.5 Å². The van der Waals surface area contributed by atoms with E-state index in [1.165, 1.54) is 0 Å². The summed E-state index contributed by atoms with van der Waals surface area (Å²) in [5.74, 6) is 0.713. The van der Waals surface area contributed by atoms with E-state index < -0.39 is 5.41 Å². The molecule has 0 aromatic heterocycles. The molecule has 0 saturated heterocycles. The van der Waals surface area contributed by atoms with Crippen LogP contribution in [0.3, 0.4) is 0 Å². The van der Waals surface area contributed by atoms with Crippen molar-refractivity contribution in [3.05, 3.63) is 47.5 Å². The van der Waals surface area contributed by atoms with Gasteiger partial charge in [-0.3, -0.25) is 9.59 Å². The van der Waals surface area contributed by atoms with Crippen molar-refractivity contribution < 1.29 is 19.1 Å². The maximum absolute atomic E-state index is 12.8. The molecule has 6 heteroatoms. The molecular weight excluding hydrogens is 344 g/mol. The molecule has 1 aliphatic heterocycles. The zero-order valence-corrected chi connectivity index (χ0v) is 15.4. The monoisotopic (exact) mass is 366 g/mol. The first-order valence-corrected chi connectivity index (χ1v) is 9.08. The number of carbonyl (C=O) groups is 2. The third-order valence-electron chi connectivity index (χ3n) is 5.06. The molecular formula is C21H22N2O4. The van der Waals surface area contributed by atoms with Crippen LogP contribution in [-0.2, 0) is 9.59 Å². The van der Waals surface area contributed by atoms with Crippen molar-refractivity contribution in [3.63, 3.8) is 0 Å². The van der Waals surface area contributed by atoms with Crippen molar-refractivity contribution in [1.82, 2.24) is 0 Å². The molecule has 27 heavy (non-hydrogen) atoms. The summed E-state index contributed by atoms with van der Waals surface area (Å²) in [6, 6.07) is 11.1. The summed E-state index contributed by atoms with van der Waals surface area (Å²) in [5.41, 5.74) is 2.36. The molecule has 2 N–H and O–H groups in total. The Hall–Kier alpha value is -3.02. The second-order valence-electron chi connectivity index (χ2n) is 7.17. The fourth-order valence-electron chi connectivity index (χ4n) is 3.17. The summed E-state index contributed by atoms with van der Waals surface area (Å²) in [6.07, 6.45) is 1.08. The van der Waals surface area contributed by atoms with E-state index in [1.54, 1.807) is 18.2 Å². The van der Waals surface area contributed by atoms with Gasteiger partial charge in [0.25, 0.3) is 0 Å². The largest absolute Gasteiger partial charge is 0.486 e. The molecule has 2 aliphatic rings. The van der Waals surface area contributed by atoms with E-state index in [0.29, 0.717) is 43.2 Å². The van der Waals surface area contributed by atoms with Gasteiger partial charge >= 0.3 is 0 Å². The highest BCUT2D eigenvalue weighted by Crippen LogP contribution is 2.48. The van der Waals surface area contributed by atoms with Crippen LogP contribution in [0.25, 0.3) is 0 Å². The van der Waals surface area contributed by atoms with Gasteiger partial charge in [-0.2, -0.15) is 0 Å². The summed E-state index contributed by atoms with van der Waals surface area (Å²) < 4.78 is 11.0. The lowest BCUT2D eigenvalue weighted by molar-refractivity contribution is -0.131. The molecule has 2 aromatic carbocycles. The fourth-order valence-corrected chi connectivity index (χ4v) is 3.17. The number of rotatable bonds is 4. The predicted octanol–water partition coefficient (Wildman–Crippen LogP) is 3.43. The lowest BCUT2D eigenvalue weighted by Gasteiger charge is -2.20. The maximum Gasteiger partial charge on any atom is 0.240 e. The number of amides is 2. The fraction of sp³-hybridized carbons (Fsp3) is 0.333. The van der Waals surface area contributed by atoms with Crippen molar-refractivity contribution in [2.24, 2.45) is 5.41 Å². The standard InChI is InChI=1S/C21H22N2O4/c1-13-3-4-14(2)16(11-13)23-20(25)21(7-8-21)19(24)22-15-5-6-17-18(12-15)27-10-9-26-17/h3-6,11-12H,7-10H2,1-2H3,(H,22,24)(H,23,25). The minimum atomic E-state index is -1.01. The number of anilines is 2. The molecule has 140 valence electrons. The Morgan fingerprint density at radius 3 is 2.33 bits per heavy atom. The van der Waals surface area contributed by atoms with E-state index in [-0.39, 0.29) is 11.8 Å². The number of carbonyl (C=O) groups excluding carboxylic acids is 2. The Labute approximate surface area is 157 Å². The molecule has 0 atom stereocenters. The zero-order valence-electron chi connectivity index (χ0n) is 15.4. The Kier molecular flexibility index (Phi) is 4.26. The van der Waals surface area contributed by atoms with Crippen molar-refractivity contribution in [3.8, 4) is 11.5 Å². The Morgan fingerprint density at radius 2 is 1.59 bits per heavy atom. The topological polar surface area (TPSA) is 76.7 Å². The summed E-state index contributed by atoms with van der Waals surface area (Å²) in [5, 5.41) is 5.78. The first-order valence-electron chi connectivity index (χ1n) is 9.08. The van der Waals surface area contributed by atoms with E-state index in [2.05, 4.69) is 10.6 Å². The molecule has 1 heterocycles. The van der Waals surface area contributed by atoms with Crippen molar-refractivity contribution in [2.75, 3.05) is 23.8 Å². The van der Waals surface area contributed by atoms with Crippen LogP contribution in [0.2, 0.25) is 0 Å². The highest BCUT2D eigenvalue weighted by molar-refractivity contribution is 6.17. The van der Waals surface area contributed by atoms with Gasteiger partial charge in [0.15, 0.2) is 11.5 Å². The molecule has 1 aliphatic carbocycles. The lowest BCUT2D eigenvalue weighted by atomic mass is 10.0. The van der Waals surface area contributed by atoms with Crippen LogP contribution in [0.4, 0.5) is 11.4 Å². The average molecular weight is 366 g/mol. The average Bonchev–Trinajstić information content (AvgIpc) is 3.47. The first-order chi connectivity index (χ1) is 13.0. The Balaban J connectivity index is 1.48. The molecule has 0 spiro atoms. The van der Waals surface area contributed by atoms with Gasteiger partial charge < -0.3 is 20.1 Å². The minimum absolute atomic E-state index is 0.258. The summed E-state index contributed by atoms with van der Waals surface area (Å²) in [6.45, 7) is 4.90. The van der Waals surface area contributed by atoms with Gasteiger partial charge in [-0.15, -0.1) is 0 Å². The highest BCUT2D eigenvalue weighted by Gasteiger charge is 2.56. The molecule has 1 saturated carbocycles. The van der Waals surface area contributed by atoms with Crippen LogP contribution in [0.15, 0.2) is 36.4 Å². The quantitative estimate of drug-likeness (QED) is 0.813. The maximum atomic E-state index is 12.8. The van der Waals surface area contributed by atoms with Crippen molar-refractivity contribution in [2.45, 2.75) is 26.7 Å². The molecule has 4 rings (SSSR count). The zero-order chi connectivity index (χ0) is 19.0. The molecule has 6 nitrogen and oxygen atoms in total. The Bertz CT molecular complexity index is 918. The number of benzene rings is 2. The molecule has 2 amide bonds. The van der Waals surface area contributed by atoms with Gasteiger partial charge in [-0.05, 0) is 56.0 Å². The van der Waals surface area contributed by atoms with Crippen LogP contribution >= 0.6 is 0 Å². The van der Waals surface area contributed by atoms with Gasteiger partial charge in [0.05, 0.1) is 0 Å². The first kappa shape index (κ1) is 17.4. The molecule has 1 fully saturated rings. The lowest BCUT2D eigenvalue weighted by Crippen LogP contribution is -2.35. The summed E-state index contributed by atoms with van der Waals surface area (Å²) in [7, 11) is 0. The van der Waals surface area contributed by atoms with Crippen LogP contribution in [-0.4, -0.2) is 25.0 Å². The molecule has 0 unspecified atom stereocenters. The number of hydrogen-bond donors (Lipinski definition) is 2. The van der Waals surface area contributed by atoms with Gasteiger partial charge in [0.2, 0.25) is 11.8 Å². The predicted molar refractivity (Wildman–Crippen MR) is 102 cm³/mol. The van der Waals surface area contributed by atoms with E-state index in [0.717, 1.165) is 16.8 Å². The van der Waals surface area contributed by atoms with E-state index in [4.69, 9.17) is 9.47 Å². The number of ether oxygens (including phenoxy) is 2. The number of fused-ring (bicyclic) bond motifs is 1.